The fraction of sp³-hybridized carbons (Fsp3) is 0.258. The fourth-order valence-corrected chi connectivity index (χ4v) is 3.78. The first kappa shape index (κ1) is 35.3. The number of H-pyrrole nitrogens is 1. The summed E-state index contributed by atoms with van der Waals surface area (Å²) in [6.07, 6.45) is -1.79. The van der Waals surface area contributed by atoms with Crippen LogP contribution in [0.1, 0.15) is 25.0 Å². The molecule has 2 aromatic carbocycles. The van der Waals surface area contributed by atoms with Crippen LogP contribution in [0.25, 0.3) is 11.4 Å². The predicted molar refractivity (Wildman–Crippen MR) is 169 cm³/mol. The van der Waals surface area contributed by atoms with Crippen molar-refractivity contribution in [3.63, 3.8) is 0 Å². The van der Waals surface area contributed by atoms with Crippen LogP contribution in [-0.2, 0) is 28.5 Å². The Morgan fingerprint density at radius 1 is 0.660 bits per heavy atom. The molecule has 16 nitrogen and oxygen atoms in total. The number of ether oxygens (including phenoxy) is 4. The molecule has 3 aromatic rings. The number of nitrogens with one attached hydrogen (secondary N) is 3. The summed E-state index contributed by atoms with van der Waals surface area (Å²) in [4.78, 5) is 88.9. The summed E-state index contributed by atoms with van der Waals surface area (Å²) in [7, 11) is 0. The van der Waals surface area contributed by atoms with Crippen molar-refractivity contribution in [2.75, 3.05) is 37.1 Å². The minimum Gasteiger partial charge on any atom is -0.459 e. The van der Waals surface area contributed by atoms with Gasteiger partial charge in [0.2, 0.25) is 0 Å². The molecule has 0 saturated carbocycles. The third-order valence-electron chi connectivity index (χ3n) is 6.23. The van der Waals surface area contributed by atoms with E-state index in [4.69, 9.17) is 18.9 Å². The summed E-state index contributed by atoms with van der Waals surface area (Å²) in [5.74, 6) is -1.27. The zero-order chi connectivity index (χ0) is 34.8. The van der Waals surface area contributed by atoms with E-state index in [2.05, 4.69) is 28.8 Å². The van der Waals surface area contributed by atoms with Crippen molar-refractivity contribution in [1.29, 1.82) is 0 Å². The van der Waals surface area contributed by atoms with Crippen LogP contribution in [-0.4, -0.2) is 64.7 Å². The van der Waals surface area contributed by atoms with Gasteiger partial charge < -0.3 is 18.9 Å². The Bertz CT molecular complexity index is 1790. The number of hydrogen-bond acceptors (Lipinski definition) is 11. The lowest BCUT2D eigenvalue weighted by Crippen LogP contribution is -2.48. The van der Waals surface area contributed by atoms with Crippen molar-refractivity contribution in [2.45, 2.75) is 27.7 Å². The number of aryl methyl sites for hydroxylation is 2. The Hall–Kier alpha value is -6.19. The first-order valence-electron chi connectivity index (χ1n) is 13.9. The van der Waals surface area contributed by atoms with Crippen LogP contribution in [0.15, 0.2) is 75.1 Å². The summed E-state index contributed by atoms with van der Waals surface area (Å²) in [5, 5.41) is 4.99. The molecule has 0 aliphatic rings. The van der Waals surface area contributed by atoms with Crippen LogP contribution in [0.3, 0.4) is 0 Å². The van der Waals surface area contributed by atoms with E-state index in [1.807, 2.05) is 0 Å². The highest BCUT2D eigenvalue weighted by molar-refractivity contribution is 5.88. The molecule has 0 saturated heterocycles. The quantitative estimate of drug-likeness (QED) is 0.112. The Balaban J connectivity index is 1.83. The lowest BCUT2D eigenvalue weighted by atomic mass is 10.1. The van der Waals surface area contributed by atoms with Gasteiger partial charge >= 0.3 is 41.2 Å². The molecule has 1 aromatic heterocycles. The molecule has 3 rings (SSSR count). The predicted octanol–water partition coefficient (Wildman–Crippen LogP) is 2.63. The molecular formula is C31H33N5O11. The number of aromatic nitrogens is 3. The van der Waals surface area contributed by atoms with E-state index in [-0.39, 0.29) is 60.3 Å². The van der Waals surface area contributed by atoms with Crippen LogP contribution in [0.2, 0.25) is 0 Å². The molecule has 47 heavy (non-hydrogen) atoms. The highest BCUT2D eigenvalue weighted by Gasteiger charge is 2.17. The van der Waals surface area contributed by atoms with Crippen molar-refractivity contribution in [3.05, 3.63) is 103 Å². The molecule has 0 spiro atoms. The van der Waals surface area contributed by atoms with Crippen molar-refractivity contribution < 1.29 is 38.1 Å². The standard InChI is InChI=1S/C31H33N5O11/c1-17(2)25(37)44-11-13-46-29(41)32-23-15-21(9-7-19(23)5)35-27(39)34-28(40)36(31(35)43)22-10-8-20(6)24(16-22)33-30(42)47-14-12-45-26(38)18(3)4/h7-10,15-16H,1,3,11-14H2,2,4-6H3,(H,32,41)(H,33,42)(H,34,39,40). The molecule has 0 fully saturated rings. The van der Waals surface area contributed by atoms with Crippen LogP contribution in [0.4, 0.5) is 21.0 Å². The van der Waals surface area contributed by atoms with Gasteiger partial charge in [-0.25, -0.2) is 42.7 Å². The number of amides is 2. The monoisotopic (exact) mass is 651 g/mol. The number of benzene rings is 2. The van der Waals surface area contributed by atoms with Gasteiger partial charge in [-0.1, -0.05) is 25.3 Å². The number of anilines is 2. The molecule has 2 amide bonds. The van der Waals surface area contributed by atoms with E-state index in [1.165, 1.54) is 50.2 Å². The van der Waals surface area contributed by atoms with Gasteiger partial charge in [0.1, 0.15) is 26.4 Å². The summed E-state index contributed by atoms with van der Waals surface area (Å²) in [6, 6.07) is 8.57. The summed E-state index contributed by atoms with van der Waals surface area (Å²) in [5.41, 5.74) is -1.29. The van der Waals surface area contributed by atoms with Gasteiger partial charge in [0.05, 0.1) is 11.4 Å². The molecule has 248 valence electrons. The zero-order valence-electron chi connectivity index (χ0n) is 26.1. The molecule has 1 heterocycles. The van der Waals surface area contributed by atoms with Crippen LogP contribution >= 0.6 is 0 Å². The van der Waals surface area contributed by atoms with E-state index in [1.54, 1.807) is 13.8 Å². The number of esters is 2. The van der Waals surface area contributed by atoms with Crippen LogP contribution in [0, 0.1) is 13.8 Å². The van der Waals surface area contributed by atoms with Crippen LogP contribution in [0.5, 0.6) is 0 Å². The van der Waals surface area contributed by atoms with Gasteiger partial charge in [0, 0.05) is 22.5 Å². The number of aromatic amines is 1. The van der Waals surface area contributed by atoms with Gasteiger partial charge in [-0.05, 0) is 63.1 Å². The van der Waals surface area contributed by atoms with Crippen molar-refractivity contribution in [3.8, 4) is 11.4 Å². The van der Waals surface area contributed by atoms with E-state index in [0.29, 0.717) is 20.3 Å². The minimum atomic E-state index is -1.05. The van der Waals surface area contributed by atoms with Crippen LogP contribution < -0.4 is 27.7 Å². The van der Waals surface area contributed by atoms with Gasteiger partial charge in [0.15, 0.2) is 0 Å². The third kappa shape index (κ3) is 9.40. The van der Waals surface area contributed by atoms with Crippen molar-refractivity contribution >= 4 is 35.5 Å². The number of hydrogen-bond donors (Lipinski definition) is 3. The summed E-state index contributed by atoms with van der Waals surface area (Å²) >= 11 is 0. The van der Waals surface area contributed by atoms with E-state index >= 15 is 0 Å². The number of carbonyl (C=O) groups is 4. The summed E-state index contributed by atoms with van der Waals surface area (Å²) < 4.78 is 21.1. The number of carbonyl (C=O) groups excluding carboxylic acids is 4. The maximum Gasteiger partial charge on any atom is 0.411 e. The molecule has 0 unspecified atom stereocenters. The second-order valence-corrected chi connectivity index (χ2v) is 10.0. The first-order valence-corrected chi connectivity index (χ1v) is 13.9. The second kappa shape index (κ2) is 15.7. The SMILES string of the molecule is C=C(C)C(=O)OCCOC(=O)Nc1cc(-n2c(=O)[nH]c(=O)n(-c3ccc(C)c(NC(=O)OCCOC(=O)C(=C)C)c3)c2=O)ccc1C. The lowest BCUT2D eigenvalue weighted by molar-refractivity contribution is -0.140. The maximum absolute atomic E-state index is 13.6. The lowest BCUT2D eigenvalue weighted by Gasteiger charge is -2.14. The maximum atomic E-state index is 13.6. The zero-order valence-corrected chi connectivity index (χ0v) is 26.1. The van der Waals surface area contributed by atoms with Gasteiger partial charge in [-0.3, -0.25) is 15.6 Å². The second-order valence-electron chi connectivity index (χ2n) is 10.0. The normalized spacial score (nSPS) is 10.4. The molecule has 0 atom stereocenters. The molecule has 0 radical (unpaired) electrons. The van der Waals surface area contributed by atoms with Gasteiger partial charge in [0.25, 0.3) is 0 Å². The molecular weight excluding hydrogens is 618 g/mol. The average Bonchev–Trinajstić information content (AvgIpc) is 3.00. The molecule has 0 aliphatic heterocycles. The van der Waals surface area contributed by atoms with E-state index in [0.717, 1.165) is 0 Å². The highest BCUT2D eigenvalue weighted by Crippen LogP contribution is 2.20. The van der Waals surface area contributed by atoms with E-state index in [9.17, 15) is 33.6 Å². The van der Waals surface area contributed by atoms with Crippen molar-refractivity contribution in [2.24, 2.45) is 0 Å². The van der Waals surface area contributed by atoms with Gasteiger partial charge in [-0.15, -0.1) is 0 Å². The third-order valence-corrected chi connectivity index (χ3v) is 6.23. The number of nitrogens with zero attached hydrogens (tertiary/aromatic N) is 2. The van der Waals surface area contributed by atoms with E-state index < -0.39 is 41.2 Å². The molecule has 0 aliphatic carbocycles. The largest absolute Gasteiger partial charge is 0.459 e. The Morgan fingerprint density at radius 3 is 1.38 bits per heavy atom. The number of rotatable bonds is 12. The Kier molecular flexibility index (Phi) is 11.8. The minimum absolute atomic E-state index is 0.00248. The smallest absolute Gasteiger partial charge is 0.411 e. The molecule has 16 heteroatoms. The first-order chi connectivity index (χ1) is 22.2. The molecule has 3 N–H and O–H groups in total. The van der Waals surface area contributed by atoms with Gasteiger partial charge in [-0.2, -0.15) is 0 Å². The van der Waals surface area contributed by atoms with Crippen molar-refractivity contribution in [1.82, 2.24) is 14.1 Å². The average molecular weight is 652 g/mol. The topological polar surface area (TPSA) is 206 Å². The Morgan fingerprint density at radius 2 is 1.02 bits per heavy atom. The molecule has 0 bridgehead atoms. The summed E-state index contributed by atoms with van der Waals surface area (Å²) in [6.45, 7) is 12.3. The Labute approximate surface area is 267 Å². The highest BCUT2D eigenvalue weighted by atomic mass is 16.6. The fourth-order valence-electron chi connectivity index (χ4n) is 3.78.